The van der Waals surface area contributed by atoms with Crippen LogP contribution in [0.3, 0.4) is 0 Å². The van der Waals surface area contributed by atoms with Gasteiger partial charge < -0.3 is 14.4 Å². The van der Waals surface area contributed by atoms with E-state index in [1.165, 1.54) is 6.33 Å². The third kappa shape index (κ3) is 5.05. The highest BCUT2D eigenvalue weighted by molar-refractivity contribution is 5.81. The molecule has 0 bridgehead atoms. The number of esters is 1. The van der Waals surface area contributed by atoms with Gasteiger partial charge in [-0.15, -0.1) is 0 Å². The number of fused-ring (bicyclic) bond motifs is 1. The van der Waals surface area contributed by atoms with Crippen molar-refractivity contribution in [3.8, 4) is 6.07 Å². The molecule has 1 fully saturated rings. The minimum absolute atomic E-state index is 0.0295. The number of nitriles is 1. The maximum Gasteiger partial charge on any atom is 0.308 e. The lowest BCUT2D eigenvalue weighted by Gasteiger charge is -2.29. The third-order valence-corrected chi connectivity index (χ3v) is 6.20. The maximum absolute atomic E-state index is 12.9. The van der Waals surface area contributed by atoms with Gasteiger partial charge in [0.25, 0.3) is 0 Å². The van der Waals surface area contributed by atoms with Crippen LogP contribution in [0.25, 0.3) is 5.52 Å². The normalized spacial score (nSPS) is 24.4. The SMILES string of the molecule is CC[C@H]1O[C@@](C#N)(c2ccc3c(/N=C\N(C)C)ncnn23)[C@H](CC(=O)C(C)C)[C@@H]1OC(=O)C(C)C. The van der Waals surface area contributed by atoms with Gasteiger partial charge in [0, 0.05) is 26.4 Å². The Morgan fingerprint density at radius 2 is 2.03 bits per heavy atom. The van der Waals surface area contributed by atoms with Crippen molar-refractivity contribution < 1.29 is 19.1 Å². The summed E-state index contributed by atoms with van der Waals surface area (Å²) in [5.41, 5.74) is -0.526. The first-order valence-electron chi connectivity index (χ1n) is 11.9. The predicted octanol–water partition coefficient (Wildman–Crippen LogP) is 3.28. The predicted molar refractivity (Wildman–Crippen MR) is 130 cm³/mol. The second kappa shape index (κ2) is 10.5. The van der Waals surface area contributed by atoms with E-state index in [9.17, 15) is 14.9 Å². The molecule has 2 aromatic heterocycles. The second-order valence-electron chi connectivity index (χ2n) is 9.71. The molecule has 0 aromatic carbocycles. The number of aromatic nitrogens is 3. The van der Waals surface area contributed by atoms with E-state index in [1.54, 1.807) is 41.7 Å². The molecule has 10 nitrogen and oxygen atoms in total. The first-order chi connectivity index (χ1) is 16.5. The van der Waals surface area contributed by atoms with Gasteiger partial charge in [0.15, 0.2) is 5.82 Å². The molecule has 3 rings (SSSR count). The minimum Gasteiger partial charge on any atom is -0.459 e. The fourth-order valence-corrected chi connectivity index (χ4v) is 4.23. The van der Waals surface area contributed by atoms with Crippen LogP contribution in [-0.4, -0.2) is 63.9 Å². The Bertz CT molecular complexity index is 1150. The van der Waals surface area contributed by atoms with E-state index in [1.807, 2.05) is 34.9 Å². The summed E-state index contributed by atoms with van der Waals surface area (Å²) >= 11 is 0. The monoisotopic (exact) mass is 482 g/mol. The van der Waals surface area contributed by atoms with Gasteiger partial charge in [0.05, 0.1) is 30.0 Å². The molecule has 35 heavy (non-hydrogen) atoms. The van der Waals surface area contributed by atoms with Crippen LogP contribution in [0.4, 0.5) is 5.82 Å². The Morgan fingerprint density at radius 1 is 1.31 bits per heavy atom. The van der Waals surface area contributed by atoms with Crippen LogP contribution in [0, 0.1) is 29.1 Å². The highest BCUT2D eigenvalue weighted by Crippen LogP contribution is 2.48. The molecule has 1 saturated heterocycles. The molecule has 1 aliphatic heterocycles. The topological polar surface area (TPSA) is 122 Å². The number of nitrogens with zero attached hydrogens (tertiary/aromatic N) is 6. The number of rotatable bonds is 9. The van der Waals surface area contributed by atoms with Crippen molar-refractivity contribution in [1.29, 1.82) is 5.26 Å². The molecule has 2 aromatic rings. The lowest BCUT2D eigenvalue weighted by Crippen LogP contribution is -2.40. The Morgan fingerprint density at radius 3 is 2.60 bits per heavy atom. The van der Waals surface area contributed by atoms with Crippen LogP contribution in [0.5, 0.6) is 0 Å². The summed E-state index contributed by atoms with van der Waals surface area (Å²) in [7, 11) is 3.70. The summed E-state index contributed by atoms with van der Waals surface area (Å²) in [5.74, 6) is -1.31. The van der Waals surface area contributed by atoms with Crippen LogP contribution in [-0.2, 0) is 24.7 Å². The van der Waals surface area contributed by atoms with Gasteiger partial charge in [-0.2, -0.15) is 10.4 Å². The number of hydrogen-bond donors (Lipinski definition) is 0. The largest absolute Gasteiger partial charge is 0.459 e. The number of carbonyl (C=O) groups is 2. The summed E-state index contributed by atoms with van der Waals surface area (Å²) < 4.78 is 13.9. The van der Waals surface area contributed by atoms with Gasteiger partial charge >= 0.3 is 5.97 Å². The lowest BCUT2D eigenvalue weighted by atomic mass is 9.78. The van der Waals surface area contributed by atoms with E-state index in [0.717, 1.165) is 0 Å². The van der Waals surface area contributed by atoms with E-state index in [-0.39, 0.29) is 24.0 Å². The molecule has 3 heterocycles. The fourth-order valence-electron chi connectivity index (χ4n) is 4.23. The van der Waals surface area contributed by atoms with Crippen LogP contribution >= 0.6 is 0 Å². The van der Waals surface area contributed by atoms with E-state index >= 15 is 0 Å². The Labute approximate surface area is 205 Å². The highest BCUT2D eigenvalue weighted by Gasteiger charge is 2.59. The molecule has 4 atom stereocenters. The summed E-state index contributed by atoms with van der Waals surface area (Å²) in [4.78, 5) is 36.0. The first kappa shape index (κ1) is 26.3. The summed E-state index contributed by atoms with van der Waals surface area (Å²) in [6, 6.07) is 5.86. The van der Waals surface area contributed by atoms with Crippen molar-refractivity contribution in [3.05, 3.63) is 24.2 Å². The smallest absolute Gasteiger partial charge is 0.308 e. The van der Waals surface area contributed by atoms with Gasteiger partial charge in [-0.05, 0) is 18.6 Å². The fraction of sp³-hybridized carbons (Fsp3) is 0.600. The summed E-state index contributed by atoms with van der Waals surface area (Å²) in [6.45, 7) is 9.03. The standard InChI is InChI=1S/C25H34N6O4/c1-8-20-22(34-24(33)16(4)5)17(11-19(32)15(2)3)25(12-26,35-20)21-10-9-18-23(28-14-30(6)7)27-13-29-31(18)21/h9-10,13-17,20,22H,8,11H2,1-7H3/b28-14-/t17-,20-,22+,25-/m1/s1. The van der Waals surface area contributed by atoms with Gasteiger partial charge in [0.1, 0.15) is 29.8 Å². The zero-order valence-electron chi connectivity index (χ0n) is 21.4. The number of carbonyl (C=O) groups excluding carboxylic acids is 2. The van der Waals surface area contributed by atoms with Crippen molar-refractivity contribution in [2.75, 3.05) is 14.1 Å². The molecule has 1 aliphatic rings. The zero-order chi connectivity index (χ0) is 25.9. The highest BCUT2D eigenvalue weighted by atomic mass is 16.6. The van der Waals surface area contributed by atoms with Crippen LogP contribution in [0.1, 0.15) is 53.2 Å². The average molecular weight is 483 g/mol. The summed E-state index contributed by atoms with van der Waals surface area (Å²) in [5, 5.41) is 14.9. The summed E-state index contributed by atoms with van der Waals surface area (Å²) in [6.07, 6.45) is 2.21. The molecule has 0 radical (unpaired) electrons. The quantitative estimate of drug-likeness (QED) is 0.303. The molecule has 0 N–H and O–H groups in total. The average Bonchev–Trinajstić information content (AvgIpc) is 3.38. The molecule has 0 spiro atoms. The molecule has 0 aliphatic carbocycles. The number of ketones is 1. The first-order valence-corrected chi connectivity index (χ1v) is 11.9. The van der Waals surface area contributed by atoms with Gasteiger partial charge in [-0.25, -0.2) is 14.5 Å². The van der Waals surface area contributed by atoms with Crippen molar-refractivity contribution in [2.24, 2.45) is 22.7 Å². The Balaban J connectivity index is 2.18. The van der Waals surface area contributed by atoms with Crippen LogP contribution in [0.15, 0.2) is 23.5 Å². The molecular formula is C25H34N6O4. The molecule has 188 valence electrons. The molecule has 0 unspecified atom stereocenters. The minimum atomic E-state index is -1.56. The number of hydrogen-bond acceptors (Lipinski definition) is 8. The Hall–Kier alpha value is -3.32. The molecule has 10 heteroatoms. The zero-order valence-corrected chi connectivity index (χ0v) is 21.4. The molecular weight excluding hydrogens is 448 g/mol. The van der Waals surface area contributed by atoms with Gasteiger partial charge in [-0.1, -0.05) is 34.6 Å². The van der Waals surface area contributed by atoms with Crippen LogP contribution in [0.2, 0.25) is 0 Å². The second-order valence-corrected chi connectivity index (χ2v) is 9.71. The van der Waals surface area contributed by atoms with Crippen molar-refractivity contribution in [3.63, 3.8) is 0 Å². The van der Waals surface area contributed by atoms with E-state index in [4.69, 9.17) is 9.47 Å². The molecule has 0 amide bonds. The van der Waals surface area contributed by atoms with Gasteiger partial charge in [0.2, 0.25) is 5.60 Å². The van der Waals surface area contributed by atoms with Crippen LogP contribution < -0.4 is 0 Å². The lowest BCUT2D eigenvalue weighted by molar-refractivity contribution is -0.158. The van der Waals surface area contributed by atoms with Crippen molar-refractivity contribution in [2.45, 2.75) is 65.3 Å². The Kier molecular flexibility index (Phi) is 7.90. The van der Waals surface area contributed by atoms with E-state index in [0.29, 0.717) is 23.4 Å². The number of aliphatic imine (C=N–C) groups is 1. The van der Waals surface area contributed by atoms with Crippen molar-refractivity contribution in [1.82, 2.24) is 19.5 Å². The maximum atomic E-state index is 12.9. The van der Waals surface area contributed by atoms with Crippen molar-refractivity contribution >= 4 is 29.4 Å². The number of ether oxygens (including phenoxy) is 2. The number of Topliss-reactive ketones (excluding diaryl/α,β-unsaturated/α-hetero) is 1. The van der Waals surface area contributed by atoms with E-state index in [2.05, 4.69) is 21.1 Å². The van der Waals surface area contributed by atoms with E-state index < -0.39 is 29.7 Å². The third-order valence-electron chi connectivity index (χ3n) is 6.20. The molecule has 0 saturated carbocycles. The van der Waals surface area contributed by atoms with Gasteiger partial charge in [-0.3, -0.25) is 9.59 Å².